The molecule has 0 radical (unpaired) electrons. The number of benzene rings is 3. The molecule has 40 nitrogen and oxygen atoms in total. The normalized spacial score (nSPS) is 14.0. The number of aromatic nitrogens is 12. The second kappa shape index (κ2) is 52.2. The summed E-state index contributed by atoms with van der Waals surface area (Å²) in [7, 11) is -0.852. The zero-order valence-electron chi connectivity index (χ0n) is 74.0. The van der Waals surface area contributed by atoms with Crippen molar-refractivity contribution in [2.75, 3.05) is 108 Å². The second-order valence-corrected chi connectivity index (χ2v) is 32.1. The van der Waals surface area contributed by atoms with Gasteiger partial charge in [-0.05, 0) is 110 Å². The molecule has 3 aliphatic rings. The van der Waals surface area contributed by atoms with Crippen LogP contribution in [0.4, 0.5) is 39.4 Å². The lowest BCUT2D eigenvalue weighted by Gasteiger charge is -2.32. The lowest BCUT2D eigenvalue weighted by Crippen LogP contribution is -2.46. The lowest BCUT2D eigenvalue weighted by molar-refractivity contribution is -0.676. The van der Waals surface area contributed by atoms with Crippen molar-refractivity contribution in [2.45, 2.75) is 177 Å². The molecule has 720 valence electrons. The van der Waals surface area contributed by atoms with Gasteiger partial charge >= 0.3 is 18.1 Å². The van der Waals surface area contributed by atoms with Gasteiger partial charge in [0.05, 0.1) is 64.0 Å². The van der Waals surface area contributed by atoms with Crippen molar-refractivity contribution < 1.29 is 122 Å². The molecule has 49 heteroatoms. The number of fused-ring (bicyclic) bond motifs is 3. The minimum Gasteiger partial charge on any atom is -0.554 e. The molecule has 132 heavy (non-hydrogen) atoms. The van der Waals surface area contributed by atoms with Gasteiger partial charge in [0.1, 0.15) is 64.9 Å². The quantitative estimate of drug-likeness (QED) is 0.0120. The number of nitrogen functional groups attached to an aromatic ring is 3. The highest BCUT2D eigenvalue weighted by Crippen LogP contribution is 2.28. The number of amides is 6. The lowest BCUT2D eigenvalue weighted by atomic mass is 10.1. The number of carboxylic acids is 2. The molecule has 12 N–H and O–H groups in total. The van der Waals surface area contributed by atoms with E-state index in [4.69, 9.17) is 101 Å². The molecular formula is C83H109Cl3F5N22O18S+. The van der Waals surface area contributed by atoms with E-state index >= 15 is 0 Å². The number of halogens is 8. The fraction of sp³-hybridized carbons (Fsp3) is 0.494. The molecule has 0 saturated carbocycles. The van der Waals surface area contributed by atoms with Gasteiger partial charge in [0.2, 0.25) is 0 Å². The van der Waals surface area contributed by atoms with Crippen LogP contribution in [-0.4, -0.2) is 231 Å². The summed E-state index contributed by atoms with van der Waals surface area (Å²) in [6, 6.07) is 17.4. The number of nitrogens with two attached hydrogens (primary N) is 3. The Morgan fingerprint density at radius 3 is 1.37 bits per heavy atom. The van der Waals surface area contributed by atoms with Crippen LogP contribution in [0.5, 0.6) is 17.2 Å². The highest BCUT2D eigenvalue weighted by molar-refractivity contribution is 7.85. The van der Waals surface area contributed by atoms with Crippen LogP contribution in [0.25, 0.3) is 33.1 Å². The number of carboxylic acid groups (broad SMARTS) is 3. The van der Waals surface area contributed by atoms with E-state index in [0.29, 0.717) is 94.6 Å². The summed E-state index contributed by atoms with van der Waals surface area (Å²) in [4.78, 5) is 130. The van der Waals surface area contributed by atoms with Gasteiger partial charge in [0.15, 0.2) is 87.5 Å². The van der Waals surface area contributed by atoms with Gasteiger partial charge < -0.3 is 102 Å². The maximum Gasteiger partial charge on any atom is 0.430 e. The smallest absolute Gasteiger partial charge is 0.430 e. The number of imidazole rings is 3. The Labute approximate surface area is 773 Å². The van der Waals surface area contributed by atoms with Gasteiger partial charge in [-0.25, -0.2) is 62.1 Å². The topological polar surface area (TPSA) is 532 Å². The first-order valence-electron chi connectivity index (χ1n) is 42.1. The molecule has 0 unspecified atom stereocenters. The Morgan fingerprint density at radius 2 is 1.01 bits per heavy atom. The Hall–Kier alpha value is -12.1. The van der Waals surface area contributed by atoms with E-state index in [1.165, 1.54) is 18.6 Å². The molecule has 6 amide bonds. The number of piperidine rings is 1. The molecule has 3 saturated heterocycles. The van der Waals surface area contributed by atoms with Crippen LogP contribution in [0.15, 0.2) is 73.2 Å². The summed E-state index contributed by atoms with van der Waals surface area (Å²) < 4.78 is 107. The molecule has 0 aliphatic carbocycles. The summed E-state index contributed by atoms with van der Waals surface area (Å²) in [6.45, 7) is 25.2. The van der Waals surface area contributed by atoms with Crippen molar-refractivity contribution in [3.8, 4) is 17.2 Å². The zero-order valence-corrected chi connectivity index (χ0v) is 77.1. The highest BCUT2D eigenvalue weighted by atomic mass is 35.5. The number of rotatable bonds is 34. The van der Waals surface area contributed by atoms with E-state index in [1.54, 1.807) is 4.90 Å². The first kappa shape index (κ1) is 107. The third kappa shape index (κ3) is 31.3. The predicted octanol–water partition coefficient (Wildman–Crippen LogP) is 3.58. The van der Waals surface area contributed by atoms with Crippen molar-refractivity contribution in [3.63, 3.8) is 0 Å². The number of carbonyl (C=O) groups is 9. The maximum absolute atomic E-state index is 12.9. The molecule has 0 spiro atoms. The summed E-state index contributed by atoms with van der Waals surface area (Å²) in [5.74, 6) is -5.00. The van der Waals surface area contributed by atoms with Crippen molar-refractivity contribution in [2.24, 2.45) is 0 Å². The molecule has 0 bridgehead atoms. The number of nitrogens with one attached hydrogen (secondary N) is 5. The first-order valence-corrected chi connectivity index (χ1v) is 44.8. The molecule has 1 atom stereocenters. The largest absolute Gasteiger partial charge is 0.554 e. The number of anilines is 3. The standard InChI is InChI=1S/C28H39ClN8O4.C26H32ClN7O5S.C23H30ClN7O3.C3H4F2O2.C2HF3O2.CH2O2/c1-4-36-21-8-7-20(41-18-24(38)33-19-9-11-35(12-10-19)13-14-40-6-3)15-22(21)37(5-2)25(36)17-32-28(39)26-27(30)31-16-23(29)34-26;1-2-33-19-6-5-17(39-16-23(35)32-7-10-40(37)11-8-32)12-20(19)34(15-18-4-3-9-38-18)22(33)14-30-26(36)24-25(28)29-13-21(27)31-24;1-4-7-10-26-19(32)14-34-15-8-9-16-17(11-15)31(6-3)20(30(16)5-2)13-28-23(33)21-22(25)27-12-18(24)29-21;1-3(4,5)2(6)7;3-2(4,5)1(6)7;2-1-3/h7-8,15-16,19H,4-6,9-14,17-18H2,1-3H3,(H3-,30,31,32,33,38,39);5-6,12-13,18H,2-4,7-11,14-16H2,1H3,(H2-,28,29,30,36);8-9,11-12H,4-7,10,13-14H2,1-3H3,(H3-,25,26,27,28,32,33);1H3,(H,6,7);(H,6,7);1H,(H,2,3)/p+1/t;18-;;;;/m.0..../s1. The van der Waals surface area contributed by atoms with Crippen LogP contribution in [0.2, 0.25) is 15.5 Å². The zero-order chi connectivity index (χ0) is 97.1. The van der Waals surface area contributed by atoms with Gasteiger partial charge in [-0.1, -0.05) is 48.1 Å². The maximum atomic E-state index is 12.9. The second-order valence-electron chi connectivity index (χ2n) is 29.2. The number of likely N-dealkylation sites (tertiary alicyclic amines) is 1. The number of ether oxygens (including phenoxy) is 5. The summed E-state index contributed by atoms with van der Waals surface area (Å²) in [6.07, 6.45) is 4.46. The minimum absolute atomic E-state index is 0.000631. The van der Waals surface area contributed by atoms with Gasteiger partial charge in [-0.3, -0.25) is 33.0 Å². The summed E-state index contributed by atoms with van der Waals surface area (Å²) >= 11 is 17.7. The first-order chi connectivity index (χ1) is 62.9. The monoisotopic (exact) mass is 1930 g/mol. The predicted molar refractivity (Wildman–Crippen MR) is 470 cm³/mol. The van der Waals surface area contributed by atoms with E-state index in [2.05, 4.69) is 95.7 Å². The van der Waals surface area contributed by atoms with Gasteiger partial charge in [-0.2, -0.15) is 22.0 Å². The number of hydrogen-bond donors (Lipinski definition) is 9. The van der Waals surface area contributed by atoms with Crippen LogP contribution in [0, 0.1) is 0 Å². The van der Waals surface area contributed by atoms with Crippen LogP contribution in [0.1, 0.15) is 143 Å². The van der Waals surface area contributed by atoms with Crippen LogP contribution in [0.3, 0.4) is 0 Å². The number of hydrogen-bond acceptors (Lipinski definition) is 27. The van der Waals surface area contributed by atoms with Gasteiger partial charge in [-0.15, -0.1) is 0 Å². The molecular weight excluding hydrogens is 1830 g/mol. The van der Waals surface area contributed by atoms with Crippen LogP contribution >= 0.6 is 34.8 Å². The number of aryl methyl sites for hydroxylation is 5. The SMILES string of the molecule is CC(F)(F)C(=O)O.CCCCNC(=O)COc1ccc2c(c1)n(CC)c(CNC(=O)c1nc(Cl)cnc1N)[n+]2CC.CCOCCN1CCC(NC(=O)COc2ccc3c(c2)n(CC)c(CNC(=O)c2nc(Cl)cnc2N)[n+]3CC)CC1.CC[n+]1c(CNC(=O)c2nc(Cl)cnc2N)n(C[C@@H]2CCCO2)c2cc(OCC(=O)N3CCS(=O)CC3)ccc21.O=C([O-])C(F)(F)F.O=C[O-]. The average Bonchev–Trinajstić information content (AvgIpc) is 1.65. The molecule has 6 aromatic heterocycles. The van der Waals surface area contributed by atoms with E-state index in [1.807, 2.05) is 96.1 Å². The van der Waals surface area contributed by atoms with E-state index < -0.39 is 59.0 Å². The Bertz CT molecular complexity index is 5450. The fourth-order valence-corrected chi connectivity index (χ4v) is 15.5. The molecule has 9 aromatic rings. The Kier molecular flexibility index (Phi) is 42.3. The van der Waals surface area contributed by atoms with E-state index in [0.717, 1.165) is 129 Å². The summed E-state index contributed by atoms with van der Waals surface area (Å²) in [5, 5.41) is 39.4. The van der Waals surface area contributed by atoms with Crippen molar-refractivity contribution in [1.29, 1.82) is 0 Å². The van der Waals surface area contributed by atoms with E-state index in [-0.39, 0.29) is 119 Å². The molecule has 9 heterocycles. The minimum atomic E-state index is -5.19. The summed E-state index contributed by atoms with van der Waals surface area (Å²) in [5.41, 5.74) is 23.2. The number of alkyl halides is 5. The van der Waals surface area contributed by atoms with Crippen LogP contribution in [-0.2, 0) is 108 Å². The van der Waals surface area contributed by atoms with Crippen molar-refractivity contribution in [3.05, 3.63) is 123 Å². The Morgan fingerprint density at radius 1 is 0.614 bits per heavy atom. The van der Waals surface area contributed by atoms with Gasteiger partial charge in [0, 0.05) is 112 Å². The van der Waals surface area contributed by atoms with Crippen LogP contribution < -0.4 is 81.9 Å². The van der Waals surface area contributed by atoms with Crippen molar-refractivity contribution in [1.82, 2.24) is 80.0 Å². The van der Waals surface area contributed by atoms with Crippen molar-refractivity contribution >= 4 is 150 Å². The molecule has 3 aromatic carbocycles. The Balaban J connectivity index is 0.000000249. The number of aliphatic carboxylic acids is 2. The number of unbranched alkanes of at least 4 members (excludes halogenated alkanes) is 1. The number of carbonyl (C=O) groups excluding carboxylic acids is 8. The van der Waals surface area contributed by atoms with Gasteiger partial charge in [0.25, 0.3) is 52.9 Å². The molecule has 12 rings (SSSR count). The third-order valence-corrected chi connectivity index (χ3v) is 22.2. The third-order valence-electron chi connectivity index (χ3n) is 20.4. The fourth-order valence-electron chi connectivity index (χ4n) is 14.1. The number of nitrogens with zero attached hydrogens (tertiary/aromatic N) is 14. The highest BCUT2D eigenvalue weighted by Gasteiger charge is 2.35. The molecule has 3 aliphatic heterocycles. The van der Waals surface area contributed by atoms with E-state index in [9.17, 15) is 59.7 Å². The molecule has 3 fully saturated rings. The average molecular weight is 1940 g/mol.